The second-order valence-corrected chi connectivity index (χ2v) is 6.43. The minimum atomic E-state index is -0.543. The molecule has 1 aromatic rings. The van der Waals surface area contributed by atoms with E-state index in [1.165, 1.54) is 25.7 Å². The molecule has 1 saturated heterocycles. The molecule has 1 heterocycles. The van der Waals surface area contributed by atoms with Crippen molar-refractivity contribution in [1.82, 2.24) is 4.90 Å². The highest BCUT2D eigenvalue weighted by Crippen LogP contribution is 2.36. The summed E-state index contributed by atoms with van der Waals surface area (Å²) >= 11 is 0. The fourth-order valence-electron chi connectivity index (χ4n) is 3.19. The Hall–Kier alpha value is -1.06. The van der Waals surface area contributed by atoms with Crippen LogP contribution in [0.1, 0.15) is 58.1 Å². The highest BCUT2D eigenvalue weighted by Gasteiger charge is 2.36. The molecule has 0 bridgehead atoms. The molecule has 1 aromatic carbocycles. The maximum Gasteiger partial charge on any atom is 0.125 e. The second-order valence-electron chi connectivity index (χ2n) is 6.43. The number of aliphatic hydroxyl groups is 1. The predicted octanol–water partition coefficient (Wildman–Crippen LogP) is 3.77. The SMILES string of the molecule is CCOc1ccccc1C(O)C(C)(C)N1CCCCCC1. The molecular formula is C18H29NO2. The Labute approximate surface area is 128 Å². The van der Waals surface area contributed by atoms with Gasteiger partial charge in [0.2, 0.25) is 0 Å². The normalized spacial score (nSPS) is 19.0. The third-order valence-corrected chi connectivity index (χ3v) is 4.60. The van der Waals surface area contributed by atoms with E-state index in [4.69, 9.17) is 4.74 Å². The van der Waals surface area contributed by atoms with Crippen LogP contribution in [0.15, 0.2) is 24.3 Å². The molecule has 2 rings (SSSR count). The molecule has 3 nitrogen and oxygen atoms in total. The maximum atomic E-state index is 11.0. The van der Waals surface area contributed by atoms with E-state index in [0.717, 1.165) is 24.4 Å². The summed E-state index contributed by atoms with van der Waals surface area (Å²) in [7, 11) is 0. The van der Waals surface area contributed by atoms with Gasteiger partial charge in [-0.2, -0.15) is 0 Å². The summed E-state index contributed by atoms with van der Waals surface area (Å²) in [5.74, 6) is 0.801. The number of benzene rings is 1. The maximum absolute atomic E-state index is 11.0. The van der Waals surface area contributed by atoms with Gasteiger partial charge in [0, 0.05) is 11.1 Å². The summed E-state index contributed by atoms with van der Waals surface area (Å²) in [6.45, 7) is 9.02. The molecule has 0 amide bonds. The van der Waals surface area contributed by atoms with Crippen LogP contribution in [0.2, 0.25) is 0 Å². The molecule has 1 aliphatic heterocycles. The Balaban J connectivity index is 2.22. The molecule has 3 heteroatoms. The van der Waals surface area contributed by atoms with Crippen LogP contribution in [0.3, 0.4) is 0 Å². The topological polar surface area (TPSA) is 32.7 Å². The largest absolute Gasteiger partial charge is 0.493 e. The van der Waals surface area contributed by atoms with Gasteiger partial charge in [0.25, 0.3) is 0 Å². The van der Waals surface area contributed by atoms with Crippen molar-refractivity contribution in [3.8, 4) is 5.75 Å². The first-order chi connectivity index (χ1) is 10.1. The van der Waals surface area contributed by atoms with Gasteiger partial charge in [-0.1, -0.05) is 31.0 Å². The van der Waals surface area contributed by atoms with Crippen LogP contribution in [0.5, 0.6) is 5.75 Å². The third kappa shape index (κ3) is 3.78. The smallest absolute Gasteiger partial charge is 0.125 e. The van der Waals surface area contributed by atoms with Gasteiger partial charge < -0.3 is 9.84 Å². The van der Waals surface area contributed by atoms with Crippen molar-refractivity contribution in [1.29, 1.82) is 0 Å². The average molecular weight is 291 g/mol. The van der Waals surface area contributed by atoms with Crippen molar-refractivity contribution >= 4 is 0 Å². The van der Waals surface area contributed by atoms with Crippen molar-refractivity contribution in [3.05, 3.63) is 29.8 Å². The molecular weight excluding hydrogens is 262 g/mol. The molecule has 118 valence electrons. The first kappa shape index (κ1) is 16.3. The van der Waals surface area contributed by atoms with Gasteiger partial charge >= 0.3 is 0 Å². The number of hydrogen-bond donors (Lipinski definition) is 1. The Morgan fingerprint density at radius 3 is 2.38 bits per heavy atom. The minimum Gasteiger partial charge on any atom is -0.493 e. The van der Waals surface area contributed by atoms with Gasteiger partial charge in [-0.25, -0.2) is 0 Å². The van der Waals surface area contributed by atoms with Gasteiger partial charge in [-0.05, 0) is 52.8 Å². The Morgan fingerprint density at radius 1 is 1.14 bits per heavy atom. The fourth-order valence-corrected chi connectivity index (χ4v) is 3.19. The Kier molecular flexibility index (Phi) is 5.65. The first-order valence-corrected chi connectivity index (χ1v) is 8.22. The van der Waals surface area contributed by atoms with Crippen LogP contribution >= 0.6 is 0 Å². The van der Waals surface area contributed by atoms with Crippen LogP contribution in [0.25, 0.3) is 0 Å². The van der Waals surface area contributed by atoms with Gasteiger partial charge in [-0.3, -0.25) is 4.90 Å². The molecule has 1 unspecified atom stereocenters. The van der Waals surface area contributed by atoms with Crippen molar-refractivity contribution in [2.75, 3.05) is 19.7 Å². The number of ether oxygens (including phenoxy) is 1. The van der Waals surface area contributed by atoms with Crippen LogP contribution < -0.4 is 4.74 Å². The first-order valence-electron chi connectivity index (χ1n) is 8.22. The Bertz CT molecular complexity index is 437. The fraction of sp³-hybridized carbons (Fsp3) is 0.667. The van der Waals surface area contributed by atoms with Crippen molar-refractivity contribution in [2.45, 2.75) is 58.1 Å². The quantitative estimate of drug-likeness (QED) is 0.896. The van der Waals surface area contributed by atoms with Gasteiger partial charge in [-0.15, -0.1) is 0 Å². The van der Waals surface area contributed by atoms with Gasteiger partial charge in [0.15, 0.2) is 0 Å². The lowest BCUT2D eigenvalue weighted by atomic mass is 9.88. The number of rotatable bonds is 5. The molecule has 1 aliphatic rings. The van der Waals surface area contributed by atoms with Crippen LogP contribution in [0.4, 0.5) is 0 Å². The zero-order valence-electron chi connectivity index (χ0n) is 13.6. The summed E-state index contributed by atoms with van der Waals surface area (Å²) in [5.41, 5.74) is 0.617. The van der Waals surface area contributed by atoms with E-state index in [1.54, 1.807) is 0 Å². The summed E-state index contributed by atoms with van der Waals surface area (Å²) in [6.07, 6.45) is 4.52. The summed E-state index contributed by atoms with van der Waals surface area (Å²) < 4.78 is 5.69. The summed E-state index contributed by atoms with van der Waals surface area (Å²) in [6, 6.07) is 7.86. The lowest BCUT2D eigenvalue weighted by Crippen LogP contribution is -2.48. The average Bonchev–Trinajstić information content (AvgIpc) is 2.77. The molecule has 0 aromatic heterocycles. The zero-order valence-corrected chi connectivity index (χ0v) is 13.6. The Morgan fingerprint density at radius 2 is 1.76 bits per heavy atom. The second kappa shape index (κ2) is 7.28. The number of nitrogens with zero attached hydrogens (tertiary/aromatic N) is 1. The lowest BCUT2D eigenvalue weighted by Gasteiger charge is -2.42. The van der Waals surface area contributed by atoms with Crippen LogP contribution in [0, 0.1) is 0 Å². The lowest BCUT2D eigenvalue weighted by molar-refractivity contribution is -0.0113. The van der Waals surface area contributed by atoms with E-state index < -0.39 is 6.10 Å². The molecule has 0 radical (unpaired) electrons. The van der Waals surface area contributed by atoms with Crippen molar-refractivity contribution < 1.29 is 9.84 Å². The third-order valence-electron chi connectivity index (χ3n) is 4.60. The minimum absolute atomic E-state index is 0.280. The van der Waals surface area contributed by atoms with Gasteiger partial charge in [0.1, 0.15) is 11.9 Å². The van der Waals surface area contributed by atoms with E-state index in [0.29, 0.717) is 6.61 Å². The highest BCUT2D eigenvalue weighted by molar-refractivity contribution is 5.36. The number of aliphatic hydroxyl groups excluding tert-OH is 1. The molecule has 1 fully saturated rings. The monoisotopic (exact) mass is 291 g/mol. The van der Waals surface area contributed by atoms with Crippen LogP contribution in [-0.2, 0) is 0 Å². The molecule has 0 aliphatic carbocycles. The van der Waals surface area contributed by atoms with E-state index in [1.807, 2.05) is 31.2 Å². The molecule has 1 atom stereocenters. The van der Waals surface area contributed by atoms with Gasteiger partial charge in [0.05, 0.1) is 6.61 Å². The standard InChI is InChI=1S/C18H29NO2/c1-4-21-16-12-8-7-11-15(16)17(20)18(2,3)19-13-9-5-6-10-14-19/h7-8,11-12,17,20H,4-6,9-10,13-14H2,1-3H3. The number of likely N-dealkylation sites (tertiary alicyclic amines) is 1. The molecule has 21 heavy (non-hydrogen) atoms. The van der Waals surface area contributed by atoms with E-state index >= 15 is 0 Å². The summed E-state index contributed by atoms with van der Waals surface area (Å²) in [5, 5.41) is 11.0. The van der Waals surface area contributed by atoms with E-state index in [2.05, 4.69) is 18.7 Å². The molecule has 0 saturated carbocycles. The number of para-hydroxylation sites is 1. The zero-order chi connectivity index (χ0) is 15.3. The highest BCUT2D eigenvalue weighted by atomic mass is 16.5. The van der Waals surface area contributed by atoms with Crippen molar-refractivity contribution in [2.24, 2.45) is 0 Å². The van der Waals surface area contributed by atoms with Crippen molar-refractivity contribution in [3.63, 3.8) is 0 Å². The molecule has 0 spiro atoms. The van der Waals surface area contributed by atoms with Crippen LogP contribution in [-0.4, -0.2) is 35.2 Å². The predicted molar refractivity (Wildman–Crippen MR) is 86.7 cm³/mol. The van der Waals surface area contributed by atoms with E-state index in [9.17, 15) is 5.11 Å². The van der Waals surface area contributed by atoms with E-state index in [-0.39, 0.29) is 5.54 Å². The molecule has 1 N–H and O–H groups in total. The number of hydrogen-bond acceptors (Lipinski definition) is 3. The summed E-state index contributed by atoms with van der Waals surface area (Å²) in [4.78, 5) is 2.44.